The van der Waals surface area contributed by atoms with Crippen LogP contribution in [0.15, 0.2) is 48.1 Å². The summed E-state index contributed by atoms with van der Waals surface area (Å²) in [6.45, 7) is 4.72. The number of aliphatic hydroxyl groups is 1. The Morgan fingerprint density at radius 2 is 1.96 bits per heavy atom. The quantitative estimate of drug-likeness (QED) is 0.790. The minimum atomic E-state index is -0.634. The van der Waals surface area contributed by atoms with Gasteiger partial charge < -0.3 is 14.6 Å². The van der Waals surface area contributed by atoms with Gasteiger partial charge in [0, 0.05) is 7.11 Å². The van der Waals surface area contributed by atoms with E-state index >= 15 is 0 Å². The van der Waals surface area contributed by atoms with Crippen LogP contribution in [0.4, 0.5) is 0 Å². The first-order valence-corrected chi connectivity index (χ1v) is 8.39. The molecule has 0 bridgehead atoms. The van der Waals surface area contributed by atoms with Crippen molar-refractivity contribution in [1.29, 1.82) is 0 Å². The zero-order valence-corrected chi connectivity index (χ0v) is 14.4. The molecule has 0 heterocycles. The van der Waals surface area contributed by atoms with Crippen LogP contribution in [0.5, 0.6) is 5.75 Å². The Balaban J connectivity index is 1.83. The molecule has 0 radical (unpaired) electrons. The highest BCUT2D eigenvalue weighted by atomic mass is 16.5. The average Bonchev–Trinajstić information content (AvgIpc) is 2.58. The normalized spacial score (nSPS) is 18.8. The first-order valence-electron chi connectivity index (χ1n) is 8.39. The van der Waals surface area contributed by atoms with Crippen LogP contribution in [-0.4, -0.2) is 31.0 Å². The molecule has 126 valence electrons. The predicted octanol–water partition coefficient (Wildman–Crippen LogP) is 3.92. The number of hydrogen-bond acceptors (Lipinski definition) is 3. The molecule has 23 heavy (non-hydrogen) atoms. The summed E-state index contributed by atoms with van der Waals surface area (Å²) in [6.07, 6.45) is 8.48. The van der Waals surface area contributed by atoms with Crippen molar-refractivity contribution in [2.45, 2.75) is 45.3 Å². The van der Waals surface area contributed by atoms with Crippen LogP contribution in [0.3, 0.4) is 0 Å². The van der Waals surface area contributed by atoms with Gasteiger partial charge >= 0.3 is 0 Å². The molecule has 1 N–H and O–H groups in total. The van der Waals surface area contributed by atoms with Gasteiger partial charge in [-0.25, -0.2) is 0 Å². The molecule has 1 aliphatic carbocycles. The summed E-state index contributed by atoms with van der Waals surface area (Å²) in [6, 6.07) is 8.16. The molecule has 2 unspecified atom stereocenters. The molecule has 3 nitrogen and oxygen atoms in total. The van der Waals surface area contributed by atoms with E-state index in [0.29, 0.717) is 5.92 Å². The van der Waals surface area contributed by atoms with Crippen LogP contribution in [0.1, 0.15) is 32.3 Å². The van der Waals surface area contributed by atoms with Gasteiger partial charge in [0.25, 0.3) is 0 Å². The van der Waals surface area contributed by atoms with Gasteiger partial charge in [0.05, 0.1) is 6.10 Å². The summed E-state index contributed by atoms with van der Waals surface area (Å²) in [4.78, 5) is 0. The van der Waals surface area contributed by atoms with Crippen LogP contribution in [0.25, 0.3) is 0 Å². The Morgan fingerprint density at radius 3 is 2.61 bits per heavy atom. The fraction of sp³-hybridized carbons (Fsp3) is 0.500. The van der Waals surface area contributed by atoms with Crippen molar-refractivity contribution in [2.75, 3.05) is 13.7 Å². The lowest BCUT2D eigenvalue weighted by Gasteiger charge is -2.19. The van der Waals surface area contributed by atoms with Crippen LogP contribution < -0.4 is 4.74 Å². The largest absolute Gasteiger partial charge is 0.491 e. The molecule has 2 rings (SSSR count). The van der Waals surface area contributed by atoms with E-state index in [1.807, 2.05) is 30.4 Å². The van der Waals surface area contributed by atoms with Crippen LogP contribution in [-0.2, 0) is 11.2 Å². The van der Waals surface area contributed by atoms with E-state index in [9.17, 15) is 5.11 Å². The Kier molecular flexibility index (Phi) is 6.87. The van der Waals surface area contributed by atoms with Gasteiger partial charge in [0.2, 0.25) is 0 Å². The highest BCUT2D eigenvalue weighted by Gasteiger charge is 2.15. The van der Waals surface area contributed by atoms with Gasteiger partial charge in [-0.2, -0.15) is 0 Å². The number of aliphatic hydroxyl groups excluding tert-OH is 1. The molecule has 2 atom stereocenters. The standard InChI is InChI=1S/C20H28O3/c1-15(2)7-8-16-9-11-18(12-10-16)23-14-20(21)17-5-4-6-19(13-17)22-3/h4-5,9-13,15,19-21H,6-8,14H2,1-3H3. The SMILES string of the molecule is COC1C=C(C(O)COc2ccc(CCC(C)C)cc2)C=CC1. The van der Waals surface area contributed by atoms with E-state index in [1.165, 1.54) is 12.0 Å². The third-order valence-corrected chi connectivity index (χ3v) is 4.09. The summed E-state index contributed by atoms with van der Waals surface area (Å²) >= 11 is 0. The second-order valence-corrected chi connectivity index (χ2v) is 6.48. The molecule has 0 saturated carbocycles. The topological polar surface area (TPSA) is 38.7 Å². The summed E-state index contributed by atoms with van der Waals surface area (Å²) < 4.78 is 11.0. The lowest BCUT2D eigenvalue weighted by Crippen LogP contribution is -2.22. The lowest BCUT2D eigenvalue weighted by atomic mass is 10.0. The molecule has 0 spiro atoms. The Morgan fingerprint density at radius 1 is 1.22 bits per heavy atom. The van der Waals surface area contributed by atoms with E-state index in [1.54, 1.807) is 7.11 Å². The second kappa shape index (κ2) is 8.90. The van der Waals surface area contributed by atoms with Crippen LogP contribution in [0.2, 0.25) is 0 Å². The minimum Gasteiger partial charge on any atom is -0.491 e. The van der Waals surface area contributed by atoms with E-state index in [2.05, 4.69) is 26.0 Å². The van der Waals surface area contributed by atoms with E-state index in [-0.39, 0.29) is 12.7 Å². The molecule has 3 heteroatoms. The van der Waals surface area contributed by atoms with Crippen molar-refractivity contribution in [3.63, 3.8) is 0 Å². The smallest absolute Gasteiger partial charge is 0.119 e. The van der Waals surface area contributed by atoms with Crippen LogP contribution >= 0.6 is 0 Å². The molecule has 0 saturated heterocycles. The molecule has 0 aliphatic heterocycles. The lowest BCUT2D eigenvalue weighted by molar-refractivity contribution is 0.124. The third-order valence-electron chi connectivity index (χ3n) is 4.09. The number of rotatable bonds is 8. The highest BCUT2D eigenvalue weighted by molar-refractivity contribution is 5.30. The van der Waals surface area contributed by atoms with Gasteiger partial charge in [-0.3, -0.25) is 0 Å². The van der Waals surface area contributed by atoms with Crippen molar-refractivity contribution in [3.05, 3.63) is 53.6 Å². The zero-order chi connectivity index (χ0) is 16.7. The van der Waals surface area contributed by atoms with Gasteiger partial charge in [-0.15, -0.1) is 0 Å². The van der Waals surface area contributed by atoms with Crippen molar-refractivity contribution in [3.8, 4) is 5.75 Å². The molecule has 1 aromatic carbocycles. The molecule has 1 aliphatic rings. The molecule has 0 fully saturated rings. The molecule has 0 aromatic heterocycles. The zero-order valence-electron chi connectivity index (χ0n) is 14.4. The van der Waals surface area contributed by atoms with E-state index < -0.39 is 6.10 Å². The first kappa shape index (κ1) is 17.8. The minimum absolute atomic E-state index is 0.0462. The molecular formula is C20H28O3. The van der Waals surface area contributed by atoms with Crippen molar-refractivity contribution >= 4 is 0 Å². The summed E-state index contributed by atoms with van der Waals surface area (Å²) in [5, 5.41) is 10.2. The predicted molar refractivity (Wildman–Crippen MR) is 93.7 cm³/mol. The average molecular weight is 316 g/mol. The fourth-order valence-corrected chi connectivity index (χ4v) is 2.54. The van der Waals surface area contributed by atoms with Crippen LogP contribution in [0, 0.1) is 5.92 Å². The van der Waals surface area contributed by atoms with Gasteiger partial charge in [0.15, 0.2) is 0 Å². The van der Waals surface area contributed by atoms with Gasteiger partial charge in [-0.05, 0) is 54.5 Å². The number of hydrogen-bond donors (Lipinski definition) is 1. The van der Waals surface area contributed by atoms with Crippen molar-refractivity contribution < 1.29 is 14.6 Å². The number of benzene rings is 1. The van der Waals surface area contributed by atoms with E-state index in [0.717, 1.165) is 24.2 Å². The van der Waals surface area contributed by atoms with Crippen molar-refractivity contribution in [2.24, 2.45) is 5.92 Å². The molecule has 0 amide bonds. The van der Waals surface area contributed by atoms with Gasteiger partial charge in [-0.1, -0.05) is 38.1 Å². The maximum absolute atomic E-state index is 10.2. The maximum atomic E-state index is 10.2. The number of ether oxygens (including phenoxy) is 2. The van der Waals surface area contributed by atoms with Gasteiger partial charge in [0.1, 0.15) is 18.5 Å². The summed E-state index contributed by atoms with van der Waals surface area (Å²) in [5.41, 5.74) is 2.18. The molecule has 1 aromatic rings. The molecular weight excluding hydrogens is 288 g/mol. The van der Waals surface area contributed by atoms with Crippen molar-refractivity contribution in [1.82, 2.24) is 0 Å². The third kappa shape index (κ3) is 5.85. The highest BCUT2D eigenvalue weighted by Crippen LogP contribution is 2.19. The summed E-state index contributed by atoms with van der Waals surface area (Å²) in [5.74, 6) is 1.51. The number of methoxy groups -OCH3 is 1. The fourth-order valence-electron chi connectivity index (χ4n) is 2.54. The Hall–Kier alpha value is -1.58. The first-order chi connectivity index (χ1) is 11.1. The Labute approximate surface area is 139 Å². The monoisotopic (exact) mass is 316 g/mol. The maximum Gasteiger partial charge on any atom is 0.119 e. The second-order valence-electron chi connectivity index (χ2n) is 6.48. The number of aryl methyl sites for hydroxylation is 1. The Bertz CT molecular complexity index is 528. The van der Waals surface area contributed by atoms with E-state index in [4.69, 9.17) is 9.47 Å². The summed E-state index contributed by atoms with van der Waals surface area (Å²) in [7, 11) is 1.68.